The molecule has 1 aliphatic rings. The van der Waals surface area contributed by atoms with Crippen LogP contribution in [0.3, 0.4) is 0 Å². The molecule has 0 N–H and O–H groups in total. The first-order valence-electron chi connectivity index (χ1n) is 7.64. The van der Waals surface area contributed by atoms with E-state index in [-0.39, 0.29) is 6.04 Å². The molecule has 3 heteroatoms. The van der Waals surface area contributed by atoms with Gasteiger partial charge in [0, 0.05) is 16.3 Å². The van der Waals surface area contributed by atoms with Crippen molar-refractivity contribution in [1.82, 2.24) is 0 Å². The molecule has 1 aliphatic heterocycles. The van der Waals surface area contributed by atoms with E-state index in [1.54, 1.807) is 0 Å². The quantitative estimate of drug-likeness (QED) is 0.623. The zero-order valence-corrected chi connectivity index (χ0v) is 14.1. The molecule has 0 radical (unpaired) electrons. The number of rotatable bonds is 3. The minimum Gasteiger partial charge on any atom is -0.257 e. The maximum atomic E-state index is 4.81. The zero-order chi connectivity index (χ0) is 15.6. The van der Waals surface area contributed by atoms with Crippen LogP contribution in [-0.2, 0) is 6.42 Å². The van der Waals surface area contributed by atoms with Crippen molar-refractivity contribution >= 4 is 38.8 Å². The third kappa shape index (κ3) is 2.97. The number of fused-ring (bicyclic) bond motifs is 1. The van der Waals surface area contributed by atoms with Gasteiger partial charge < -0.3 is 0 Å². The molecule has 0 saturated carbocycles. The van der Waals surface area contributed by atoms with Gasteiger partial charge in [0.2, 0.25) is 0 Å². The number of hydrogen-bond donors (Lipinski definition) is 0. The highest BCUT2D eigenvalue weighted by Gasteiger charge is 2.16. The SMILES string of the molecule is Brc1ccc(CC2C=NC(c3cccc4ccccc34)=N2)cc1. The lowest BCUT2D eigenvalue weighted by Crippen LogP contribution is -2.07. The van der Waals surface area contributed by atoms with Gasteiger partial charge in [-0.15, -0.1) is 0 Å². The summed E-state index contributed by atoms with van der Waals surface area (Å²) < 4.78 is 1.10. The molecule has 0 aromatic heterocycles. The lowest BCUT2D eigenvalue weighted by Gasteiger charge is -2.06. The highest BCUT2D eigenvalue weighted by atomic mass is 79.9. The molecule has 0 saturated heterocycles. The molecule has 4 rings (SSSR count). The summed E-state index contributed by atoms with van der Waals surface area (Å²) in [6.07, 6.45) is 2.84. The summed E-state index contributed by atoms with van der Waals surface area (Å²) in [6.45, 7) is 0. The molecule has 0 bridgehead atoms. The molecule has 3 aromatic carbocycles. The van der Waals surface area contributed by atoms with Crippen LogP contribution >= 0.6 is 15.9 Å². The molecular formula is C20H15BrN2. The van der Waals surface area contributed by atoms with Crippen molar-refractivity contribution in [2.24, 2.45) is 9.98 Å². The Hall–Kier alpha value is -2.26. The maximum absolute atomic E-state index is 4.81. The molecular weight excluding hydrogens is 348 g/mol. The molecule has 0 fully saturated rings. The molecule has 0 amide bonds. The van der Waals surface area contributed by atoms with Crippen LogP contribution in [-0.4, -0.2) is 18.1 Å². The van der Waals surface area contributed by atoms with Crippen LogP contribution in [0.4, 0.5) is 0 Å². The van der Waals surface area contributed by atoms with Gasteiger partial charge in [0.1, 0.15) is 0 Å². The molecule has 1 heterocycles. The Morgan fingerprint density at radius 3 is 2.52 bits per heavy atom. The molecule has 0 spiro atoms. The topological polar surface area (TPSA) is 24.7 Å². The van der Waals surface area contributed by atoms with Crippen molar-refractivity contribution in [2.45, 2.75) is 12.5 Å². The van der Waals surface area contributed by atoms with E-state index in [1.165, 1.54) is 16.3 Å². The van der Waals surface area contributed by atoms with Crippen LogP contribution in [0.1, 0.15) is 11.1 Å². The summed E-state index contributed by atoms with van der Waals surface area (Å²) in [5.41, 5.74) is 2.38. The Bertz CT molecular complexity index is 905. The van der Waals surface area contributed by atoms with Crippen molar-refractivity contribution in [1.29, 1.82) is 0 Å². The summed E-state index contributed by atoms with van der Waals surface area (Å²) >= 11 is 3.47. The van der Waals surface area contributed by atoms with E-state index in [0.717, 1.165) is 22.3 Å². The van der Waals surface area contributed by atoms with Gasteiger partial charge in [-0.2, -0.15) is 0 Å². The van der Waals surface area contributed by atoms with Crippen molar-refractivity contribution in [3.05, 3.63) is 82.3 Å². The maximum Gasteiger partial charge on any atom is 0.155 e. The molecule has 0 aliphatic carbocycles. The summed E-state index contributed by atoms with van der Waals surface area (Å²) in [6, 6.07) is 23.2. The summed E-state index contributed by atoms with van der Waals surface area (Å²) in [7, 11) is 0. The number of benzene rings is 3. The fourth-order valence-corrected chi connectivity index (χ4v) is 3.16. The highest BCUT2D eigenvalue weighted by Crippen LogP contribution is 2.22. The lowest BCUT2D eigenvalue weighted by atomic mass is 10.0. The van der Waals surface area contributed by atoms with Crippen LogP contribution in [0, 0.1) is 0 Å². The lowest BCUT2D eigenvalue weighted by molar-refractivity contribution is 0.879. The predicted molar refractivity (Wildman–Crippen MR) is 101 cm³/mol. The zero-order valence-electron chi connectivity index (χ0n) is 12.5. The third-order valence-electron chi connectivity index (χ3n) is 4.05. The van der Waals surface area contributed by atoms with E-state index in [0.29, 0.717) is 0 Å². The average Bonchev–Trinajstić information content (AvgIpc) is 3.05. The van der Waals surface area contributed by atoms with Crippen molar-refractivity contribution in [3.63, 3.8) is 0 Å². The van der Waals surface area contributed by atoms with Gasteiger partial charge in [-0.25, -0.2) is 4.99 Å². The van der Waals surface area contributed by atoms with Crippen LogP contribution in [0.15, 0.2) is 81.2 Å². The Morgan fingerprint density at radius 1 is 0.870 bits per heavy atom. The van der Waals surface area contributed by atoms with E-state index in [2.05, 4.69) is 87.7 Å². The number of hydrogen-bond acceptors (Lipinski definition) is 2. The van der Waals surface area contributed by atoms with Crippen LogP contribution in [0.25, 0.3) is 10.8 Å². The van der Waals surface area contributed by atoms with Crippen LogP contribution in [0.2, 0.25) is 0 Å². The van der Waals surface area contributed by atoms with Gasteiger partial charge >= 0.3 is 0 Å². The molecule has 23 heavy (non-hydrogen) atoms. The second kappa shape index (κ2) is 6.09. The van der Waals surface area contributed by atoms with Gasteiger partial charge in [0.15, 0.2) is 5.84 Å². The Kier molecular flexibility index (Phi) is 3.80. The number of halogens is 1. The Labute approximate surface area is 143 Å². The molecule has 3 aromatic rings. The minimum absolute atomic E-state index is 0.116. The van der Waals surface area contributed by atoms with Gasteiger partial charge in [0.25, 0.3) is 0 Å². The predicted octanol–water partition coefficient (Wildman–Crippen LogP) is 5.04. The number of aliphatic imine (C=N–C) groups is 2. The van der Waals surface area contributed by atoms with Crippen LogP contribution in [0.5, 0.6) is 0 Å². The van der Waals surface area contributed by atoms with Crippen molar-refractivity contribution in [2.75, 3.05) is 0 Å². The monoisotopic (exact) mass is 362 g/mol. The number of nitrogens with zero attached hydrogens (tertiary/aromatic N) is 2. The van der Waals surface area contributed by atoms with E-state index >= 15 is 0 Å². The Morgan fingerprint density at radius 2 is 1.65 bits per heavy atom. The van der Waals surface area contributed by atoms with Crippen LogP contribution < -0.4 is 0 Å². The molecule has 2 nitrogen and oxygen atoms in total. The Balaban J connectivity index is 1.63. The summed E-state index contributed by atoms with van der Waals surface area (Å²) in [5, 5.41) is 2.43. The fraction of sp³-hybridized carbons (Fsp3) is 0.100. The average molecular weight is 363 g/mol. The number of amidine groups is 1. The van der Waals surface area contributed by atoms with Gasteiger partial charge in [-0.1, -0.05) is 70.5 Å². The van der Waals surface area contributed by atoms with Gasteiger partial charge in [-0.05, 0) is 34.9 Å². The summed E-state index contributed by atoms with van der Waals surface area (Å²) in [5.74, 6) is 0.837. The van der Waals surface area contributed by atoms with Gasteiger partial charge in [-0.3, -0.25) is 4.99 Å². The smallest absolute Gasteiger partial charge is 0.155 e. The summed E-state index contributed by atoms with van der Waals surface area (Å²) in [4.78, 5) is 9.38. The minimum atomic E-state index is 0.116. The highest BCUT2D eigenvalue weighted by molar-refractivity contribution is 9.10. The fourth-order valence-electron chi connectivity index (χ4n) is 2.90. The van der Waals surface area contributed by atoms with Gasteiger partial charge in [0.05, 0.1) is 6.04 Å². The van der Waals surface area contributed by atoms with Crippen molar-refractivity contribution in [3.8, 4) is 0 Å². The molecule has 1 unspecified atom stereocenters. The second-order valence-corrected chi connectivity index (χ2v) is 6.57. The first-order valence-corrected chi connectivity index (χ1v) is 8.43. The first kappa shape index (κ1) is 14.3. The second-order valence-electron chi connectivity index (χ2n) is 5.66. The normalized spacial score (nSPS) is 16.7. The third-order valence-corrected chi connectivity index (χ3v) is 4.57. The van der Waals surface area contributed by atoms with E-state index < -0.39 is 0 Å². The molecule has 1 atom stereocenters. The molecule has 112 valence electrons. The van der Waals surface area contributed by atoms with E-state index in [4.69, 9.17) is 4.99 Å². The largest absolute Gasteiger partial charge is 0.257 e. The van der Waals surface area contributed by atoms with E-state index in [1.807, 2.05) is 6.21 Å². The van der Waals surface area contributed by atoms with E-state index in [9.17, 15) is 0 Å². The standard InChI is InChI=1S/C20H15BrN2/c21-16-10-8-14(9-11-16)12-17-13-22-20(23-17)19-7-3-5-15-4-1-2-6-18(15)19/h1-11,13,17H,12H2. The van der Waals surface area contributed by atoms with Crippen molar-refractivity contribution < 1.29 is 0 Å². The first-order chi connectivity index (χ1) is 11.3.